The van der Waals surface area contributed by atoms with Gasteiger partial charge in [0.15, 0.2) is 0 Å². The number of benzene rings is 2. The molecule has 2 rings (SSSR count). The second kappa shape index (κ2) is 8.91. The number of allylic oxidation sites excluding steroid dienone is 1. The lowest BCUT2D eigenvalue weighted by atomic mass is 10.1. The predicted molar refractivity (Wildman–Crippen MR) is 110 cm³/mol. The molecular weight excluding hydrogens is 564 g/mol. The molecule has 0 spiro atoms. The Morgan fingerprint density at radius 2 is 1.96 bits per heavy atom. The van der Waals surface area contributed by atoms with Gasteiger partial charge in [0.2, 0.25) is 0 Å². The number of amides is 1. The van der Waals surface area contributed by atoms with E-state index in [1.54, 1.807) is 12.1 Å². The number of anilines is 1. The minimum absolute atomic E-state index is 0.0754. The number of carbonyl (C=O) groups is 1. The molecule has 0 bridgehead atoms. The molecule has 144 valence electrons. The van der Waals surface area contributed by atoms with Crippen LogP contribution in [-0.4, -0.2) is 18.6 Å². The highest BCUT2D eigenvalue weighted by atomic mass is 127. The number of hydrogen-bond donors (Lipinski definition) is 0. The molecule has 27 heavy (non-hydrogen) atoms. The van der Waals surface area contributed by atoms with Crippen LogP contribution in [0.5, 0.6) is 0 Å². The first-order valence-electron chi connectivity index (χ1n) is 7.47. The van der Waals surface area contributed by atoms with E-state index in [-0.39, 0.29) is 16.3 Å². The van der Waals surface area contributed by atoms with Gasteiger partial charge in [-0.1, -0.05) is 39.7 Å². The Bertz CT molecular complexity index is 881. The maximum Gasteiger partial charge on any atom is 0.412 e. The molecule has 0 saturated heterocycles. The fourth-order valence-electron chi connectivity index (χ4n) is 2.17. The molecule has 0 aliphatic rings. The van der Waals surface area contributed by atoms with Gasteiger partial charge in [0, 0.05) is 20.2 Å². The molecule has 9 heteroatoms. The van der Waals surface area contributed by atoms with Gasteiger partial charge in [0.1, 0.15) is 5.82 Å². The van der Waals surface area contributed by atoms with Gasteiger partial charge in [-0.05, 0) is 59.8 Å². The minimum atomic E-state index is -4.54. The zero-order valence-corrected chi connectivity index (χ0v) is 18.2. The van der Waals surface area contributed by atoms with Gasteiger partial charge >= 0.3 is 6.18 Å². The summed E-state index contributed by atoms with van der Waals surface area (Å²) in [6.45, 7) is 0.395. The monoisotopic (exact) mass is 575 g/mol. The van der Waals surface area contributed by atoms with E-state index >= 15 is 0 Å². The largest absolute Gasteiger partial charge is 0.412 e. The molecule has 0 atom stereocenters. The van der Waals surface area contributed by atoms with E-state index in [0.29, 0.717) is 3.57 Å². The van der Waals surface area contributed by atoms with Crippen molar-refractivity contribution in [3.8, 4) is 0 Å². The van der Waals surface area contributed by atoms with Gasteiger partial charge in [-0.3, -0.25) is 4.79 Å². The van der Waals surface area contributed by atoms with Crippen molar-refractivity contribution in [3.05, 3.63) is 72.5 Å². The summed E-state index contributed by atoms with van der Waals surface area (Å²) in [4.78, 5) is 13.9. The molecule has 0 unspecified atom stereocenters. The van der Waals surface area contributed by atoms with Crippen molar-refractivity contribution in [2.24, 2.45) is 0 Å². The topological polar surface area (TPSA) is 20.3 Å². The Balaban J connectivity index is 2.54. The lowest BCUT2D eigenvalue weighted by Crippen LogP contribution is -2.33. The van der Waals surface area contributed by atoms with E-state index < -0.39 is 30.0 Å². The van der Waals surface area contributed by atoms with Crippen LogP contribution in [0.4, 0.5) is 23.2 Å². The van der Waals surface area contributed by atoms with Crippen molar-refractivity contribution >= 4 is 61.7 Å². The highest BCUT2D eigenvalue weighted by Gasteiger charge is 2.31. The molecule has 0 saturated carbocycles. The lowest BCUT2D eigenvalue weighted by Gasteiger charge is -2.24. The first-order valence-corrected chi connectivity index (χ1v) is 9.72. The molecule has 0 N–H and O–H groups in total. The van der Waals surface area contributed by atoms with Crippen molar-refractivity contribution in [2.75, 3.05) is 11.4 Å². The molecule has 2 aromatic carbocycles. The van der Waals surface area contributed by atoms with E-state index in [9.17, 15) is 22.4 Å². The number of para-hydroxylation sites is 1. The second-order valence-electron chi connectivity index (χ2n) is 5.50. The third kappa shape index (κ3) is 5.45. The molecular formula is C18H12BrClF4INO. The Labute approximate surface area is 180 Å². The van der Waals surface area contributed by atoms with Crippen LogP contribution in [0.3, 0.4) is 0 Å². The van der Waals surface area contributed by atoms with E-state index in [1.807, 2.05) is 22.6 Å². The van der Waals surface area contributed by atoms with Gasteiger partial charge in [-0.25, -0.2) is 4.39 Å². The van der Waals surface area contributed by atoms with Crippen LogP contribution in [0.25, 0.3) is 0 Å². The number of alkyl halides is 3. The van der Waals surface area contributed by atoms with E-state index in [2.05, 4.69) is 15.9 Å². The zero-order chi connectivity index (χ0) is 20.4. The molecule has 0 radical (unpaired) electrons. The number of carbonyl (C=O) groups excluding carboxylic acids is 1. The van der Waals surface area contributed by atoms with E-state index in [4.69, 9.17) is 11.6 Å². The van der Waals surface area contributed by atoms with Crippen molar-refractivity contribution in [1.82, 2.24) is 0 Å². The summed E-state index contributed by atoms with van der Waals surface area (Å²) >= 11 is 11.2. The molecule has 0 aromatic heterocycles. The fourth-order valence-corrected chi connectivity index (χ4v) is 3.97. The molecule has 2 nitrogen and oxygen atoms in total. The first kappa shape index (κ1) is 22.2. The lowest BCUT2D eigenvalue weighted by molar-refractivity contribution is -0.0915. The fraction of sp³-hybridized carbons (Fsp3) is 0.167. The van der Waals surface area contributed by atoms with Crippen molar-refractivity contribution in [2.45, 2.75) is 13.1 Å². The maximum atomic E-state index is 14.4. The smallest absolute Gasteiger partial charge is 0.300 e. The summed E-state index contributed by atoms with van der Waals surface area (Å²) in [7, 11) is 0. The van der Waals surface area contributed by atoms with Crippen LogP contribution in [0.15, 0.2) is 52.5 Å². The molecule has 2 aromatic rings. The Morgan fingerprint density at radius 1 is 1.30 bits per heavy atom. The van der Waals surface area contributed by atoms with Gasteiger partial charge < -0.3 is 4.90 Å². The van der Waals surface area contributed by atoms with Crippen LogP contribution in [-0.2, 0) is 0 Å². The van der Waals surface area contributed by atoms with Gasteiger partial charge in [-0.15, -0.1) is 0 Å². The highest BCUT2D eigenvalue weighted by Crippen LogP contribution is 2.32. The summed E-state index contributed by atoms with van der Waals surface area (Å²) < 4.78 is 54.1. The number of hydrogen-bond acceptors (Lipinski definition) is 1. The summed E-state index contributed by atoms with van der Waals surface area (Å²) in [6.07, 6.45) is -3.72. The zero-order valence-electron chi connectivity index (χ0n) is 13.7. The Hall–Kier alpha value is -1.13. The van der Waals surface area contributed by atoms with Crippen LogP contribution in [0, 0.1) is 9.39 Å². The summed E-state index contributed by atoms with van der Waals surface area (Å²) in [5, 5.41) is -0.0754. The average molecular weight is 577 g/mol. The standard InChI is InChI=1S/C18H12BrClF4INO/c1-10(18(22,23)24)7-8-26(16-13(20)3-2-4-14(16)21)17(27)12-6-5-11(19)9-15(12)25/h2-7,9H,8H2,1H3. The third-order valence-corrected chi connectivity index (χ3v) is 5.33. The van der Waals surface area contributed by atoms with Gasteiger partial charge in [0.05, 0.1) is 16.3 Å². The first-order chi connectivity index (χ1) is 12.5. The molecule has 0 aliphatic heterocycles. The van der Waals surface area contributed by atoms with Crippen LogP contribution in [0.1, 0.15) is 17.3 Å². The number of halogens is 7. The Morgan fingerprint density at radius 3 is 2.52 bits per heavy atom. The summed E-state index contributed by atoms with van der Waals surface area (Å²) in [5.74, 6) is -1.47. The van der Waals surface area contributed by atoms with Crippen molar-refractivity contribution in [3.63, 3.8) is 0 Å². The third-order valence-electron chi connectivity index (χ3n) is 3.64. The highest BCUT2D eigenvalue weighted by molar-refractivity contribution is 14.1. The van der Waals surface area contributed by atoms with Crippen molar-refractivity contribution in [1.29, 1.82) is 0 Å². The van der Waals surface area contributed by atoms with Gasteiger partial charge in [0.25, 0.3) is 5.91 Å². The van der Waals surface area contributed by atoms with Crippen molar-refractivity contribution < 1.29 is 22.4 Å². The number of nitrogens with zero attached hydrogens (tertiary/aromatic N) is 1. The van der Waals surface area contributed by atoms with E-state index in [1.165, 1.54) is 18.2 Å². The molecule has 1 amide bonds. The van der Waals surface area contributed by atoms with Crippen LogP contribution in [0.2, 0.25) is 5.02 Å². The Kier molecular flexibility index (Phi) is 7.32. The van der Waals surface area contributed by atoms with Gasteiger partial charge in [-0.2, -0.15) is 13.2 Å². The summed E-state index contributed by atoms with van der Waals surface area (Å²) in [6, 6.07) is 8.61. The summed E-state index contributed by atoms with van der Waals surface area (Å²) in [5.41, 5.74) is -0.941. The van der Waals surface area contributed by atoms with Crippen LogP contribution < -0.4 is 4.90 Å². The minimum Gasteiger partial charge on any atom is -0.300 e. The maximum absolute atomic E-state index is 14.4. The predicted octanol–water partition coefficient (Wildman–Crippen LogP) is 7.00. The SMILES string of the molecule is CC(=CCN(C(=O)c1ccc(Br)cc1I)c1c(F)cccc1Cl)C(F)(F)F. The number of rotatable bonds is 4. The van der Waals surface area contributed by atoms with Crippen LogP contribution >= 0.6 is 50.1 Å². The quantitative estimate of drug-likeness (QED) is 0.218. The molecule has 0 aliphatic carbocycles. The second-order valence-corrected chi connectivity index (χ2v) is 7.98. The normalized spacial score (nSPS) is 12.2. The van der Waals surface area contributed by atoms with E-state index in [0.717, 1.165) is 28.4 Å². The molecule has 0 heterocycles. The molecule has 0 fully saturated rings. The average Bonchev–Trinajstić information content (AvgIpc) is 2.55.